The Morgan fingerprint density at radius 2 is 1.94 bits per heavy atom. The van der Waals surface area contributed by atoms with Gasteiger partial charge in [-0.15, -0.1) is 0 Å². The molecule has 0 aliphatic carbocycles. The van der Waals surface area contributed by atoms with Crippen LogP contribution in [0.15, 0.2) is 54.7 Å². The number of piperidine rings is 1. The van der Waals surface area contributed by atoms with Crippen molar-refractivity contribution >= 4 is 17.5 Å². The van der Waals surface area contributed by atoms with Crippen molar-refractivity contribution in [3.63, 3.8) is 0 Å². The summed E-state index contributed by atoms with van der Waals surface area (Å²) in [6.45, 7) is 4.33. The van der Waals surface area contributed by atoms with E-state index in [2.05, 4.69) is 32.3 Å². The standard InChI is InChI=1S/C25H29N5O2/c1-17(31)28-21-9-5-18(6-10-21)15-30-13-3-4-20(16-30)24-23(14-27-25(26)29-24)19-7-11-22(32-2)12-8-19/h5-12,14,20H,3-4,13,15-16H2,1-2H3,(H,28,31)(H2,26,27,29). The number of aromatic nitrogens is 2. The van der Waals surface area contributed by atoms with Gasteiger partial charge in [-0.1, -0.05) is 24.3 Å². The molecule has 0 spiro atoms. The summed E-state index contributed by atoms with van der Waals surface area (Å²) in [7, 11) is 1.66. The molecule has 32 heavy (non-hydrogen) atoms. The number of anilines is 2. The van der Waals surface area contributed by atoms with Crippen molar-refractivity contribution in [3.8, 4) is 16.9 Å². The van der Waals surface area contributed by atoms with Gasteiger partial charge in [-0.05, 0) is 54.8 Å². The highest BCUT2D eigenvalue weighted by molar-refractivity contribution is 5.88. The SMILES string of the molecule is COc1ccc(-c2cnc(N)nc2C2CCCN(Cc3ccc(NC(C)=O)cc3)C2)cc1. The number of carbonyl (C=O) groups excluding carboxylic acids is 1. The summed E-state index contributed by atoms with van der Waals surface area (Å²) in [5.74, 6) is 1.35. The van der Waals surface area contributed by atoms with E-state index in [4.69, 9.17) is 10.5 Å². The summed E-state index contributed by atoms with van der Waals surface area (Å²) in [6.07, 6.45) is 4.00. The molecule has 3 aromatic rings. The lowest BCUT2D eigenvalue weighted by Crippen LogP contribution is -2.34. The van der Waals surface area contributed by atoms with Crippen molar-refractivity contribution in [3.05, 3.63) is 66.0 Å². The largest absolute Gasteiger partial charge is 0.497 e. The number of ether oxygens (including phenoxy) is 1. The van der Waals surface area contributed by atoms with Crippen molar-refractivity contribution in [2.75, 3.05) is 31.2 Å². The van der Waals surface area contributed by atoms with Crippen LogP contribution in [0.3, 0.4) is 0 Å². The first-order valence-electron chi connectivity index (χ1n) is 10.9. The number of carbonyl (C=O) groups is 1. The van der Waals surface area contributed by atoms with Gasteiger partial charge in [0, 0.05) is 43.4 Å². The maximum Gasteiger partial charge on any atom is 0.221 e. The second kappa shape index (κ2) is 9.78. The first kappa shape index (κ1) is 21.8. The Kier molecular flexibility index (Phi) is 6.66. The lowest BCUT2D eigenvalue weighted by molar-refractivity contribution is -0.114. The Morgan fingerprint density at radius 1 is 1.19 bits per heavy atom. The number of rotatable bonds is 6. The highest BCUT2D eigenvalue weighted by Crippen LogP contribution is 2.34. The molecule has 1 atom stereocenters. The highest BCUT2D eigenvalue weighted by atomic mass is 16.5. The molecule has 4 rings (SSSR count). The van der Waals surface area contributed by atoms with Crippen LogP contribution in [0.25, 0.3) is 11.1 Å². The van der Waals surface area contributed by atoms with Gasteiger partial charge in [0.2, 0.25) is 11.9 Å². The molecule has 7 heteroatoms. The van der Waals surface area contributed by atoms with E-state index in [1.807, 2.05) is 42.6 Å². The highest BCUT2D eigenvalue weighted by Gasteiger charge is 2.25. The maximum absolute atomic E-state index is 11.2. The quantitative estimate of drug-likeness (QED) is 0.611. The molecule has 3 N–H and O–H groups in total. The molecule has 1 saturated heterocycles. The van der Waals surface area contributed by atoms with Crippen molar-refractivity contribution < 1.29 is 9.53 Å². The van der Waals surface area contributed by atoms with Gasteiger partial charge in [0.05, 0.1) is 12.8 Å². The molecule has 1 aliphatic heterocycles. The van der Waals surface area contributed by atoms with Crippen LogP contribution in [-0.2, 0) is 11.3 Å². The predicted molar refractivity (Wildman–Crippen MR) is 126 cm³/mol. The molecule has 1 aromatic heterocycles. The van der Waals surface area contributed by atoms with Crippen molar-refractivity contribution in [1.82, 2.24) is 14.9 Å². The van der Waals surface area contributed by atoms with E-state index < -0.39 is 0 Å². The summed E-state index contributed by atoms with van der Waals surface area (Å²) in [5.41, 5.74) is 11.1. The molecular formula is C25H29N5O2. The van der Waals surface area contributed by atoms with Crippen LogP contribution >= 0.6 is 0 Å². The molecule has 1 aliphatic rings. The molecule has 166 valence electrons. The molecule has 0 radical (unpaired) electrons. The second-order valence-electron chi connectivity index (χ2n) is 8.21. The minimum absolute atomic E-state index is 0.0617. The molecule has 1 unspecified atom stereocenters. The van der Waals surface area contributed by atoms with Gasteiger partial charge in [-0.3, -0.25) is 9.69 Å². The lowest BCUT2D eigenvalue weighted by atomic mass is 9.89. The first-order chi connectivity index (χ1) is 15.5. The fourth-order valence-corrected chi connectivity index (χ4v) is 4.29. The number of hydrogen-bond acceptors (Lipinski definition) is 6. The van der Waals surface area contributed by atoms with Crippen molar-refractivity contribution in [2.45, 2.75) is 32.2 Å². The second-order valence-corrected chi connectivity index (χ2v) is 8.21. The van der Waals surface area contributed by atoms with E-state index in [0.717, 1.165) is 60.7 Å². The Labute approximate surface area is 188 Å². The molecule has 2 heterocycles. The van der Waals surface area contributed by atoms with Gasteiger partial charge < -0.3 is 15.8 Å². The van der Waals surface area contributed by atoms with Crippen LogP contribution in [0.4, 0.5) is 11.6 Å². The summed E-state index contributed by atoms with van der Waals surface area (Å²) < 4.78 is 5.29. The summed E-state index contributed by atoms with van der Waals surface area (Å²) >= 11 is 0. The third-order valence-corrected chi connectivity index (χ3v) is 5.81. The third kappa shape index (κ3) is 5.23. The summed E-state index contributed by atoms with van der Waals surface area (Å²) in [4.78, 5) is 22.6. The summed E-state index contributed by atoms with van der Waals surface area (Å²) in [5, 5.41) is 2.81. The Bertz CT molecular complexity index is 1070. The molecule has 2 aromatic carbocycles. The minimum Gasteiger partial charge on any atom is -0.497 e. The number of nitrogen functional groups attached to an aromatic ring is 1. The van der Waals surface area contributed by atoms with Gasteiger partial charge in [0.15, 0.2) is 0 Å². The van der Waals surface area contributed by atoms with Crippen LogP contribution < -0.4 is 15.8 Å². The van der Waals surface area contributed by atoms with Crippen LogP contribution in [0.1, 0.15) is 36.9 Å². The fourth-order valence-electron chi connectivity index (χ4n) is 4.29. The van der Waals surface area contributed by atoms with Gasteiger partial charge in [0.1, 0.15) is 5.75 Å². The number of hydrogen-bond donors (Lipinski definition) is 2. The zero-order valence-electron chi connectivity index (χ0n) is 18.5. The fraction of sp³-hybridized carbons (Fsp3) is 0.320. The number of nitrogens with one attached hydrogen (secondary N) is 1. The minimum atomic E-state index is -0.0617. The van der Waals surface area contributed by atoms with E-state index in [1.165, 1.54) is 12.5 Å². The number of nitrogens with two attached hydrogens (primary N) is 1. The molecule has 1 fully saturated rings. The number of methoxy groups -OCH3 is 1. The average Bonchev–Trinajstić information content (AvgIpc) is 2.80. The Morgan fingerprint density at radius 3 is 2.62 bits per heavy atom. The number of likely N-dealkylation sites (tertiary alicyclic amines) is 1. The van der Waals surface area contributed by atoms with Crippen LogP contribution in [0.5, 0.6) is 5.75 Å². The molecule has 1 amide bonds. The van der Waals surface area contributed by atoms with E-state index in [0.29, 0.717) is 5.95 Å². The average molecular weight is 432 g/mol. The molecule has 0 saturated carbocycles. The zero-order valence-corrected chi connectivity index (χ0v) is 18.5. The van der Waals surface area contributed by atoms with E-state index in [-0.39, 0.29) is 11.8 Å². The Hall–Kier alpha value is -3.45. The molecular weight excluding hydrogens is 402 g/mol. The molecule has 0 bridgehead atoms. The van der Waals surface area contributed by atoms with Gasteiger partial charge >= 0.3 is 0 Å². The normalized spacial score (nSPS) is 16.5. The van der Waals surface area contributed by atoms with E-state index in [9.17, 15) is 4.79 Å². The van der Waals surface area contributed by atoms with Crippen LogP contribution in [0.2, 0.25) is 0 Å². The predicted octanol–water partition coefficient (Wildman–Crippen LogP) is 4.07. The van der Waals surface area contributed by atoms with E-state index >= 15 is 0 Å². The maximum atomic E-state index is 11.2. The van der Waals surface area contributed by atoms with Crippen LogP contribution in [-0.4, -0.2) is 41.0 Å². The molecule has 7 nitrogen and oxygen atoms in total. The lowest BCUT2D eigenvalue weighted by Gasteiger charge is -2.33. The number of amides is 1. The Balaban J connectivity index is 1.51. The zero-order chi connectivity index (χ0) is 22.5. The van der Waals surface area contributed by atoms with Gasteiger partial charge in [0.25, 0.3) is 0 Å². The van der Waals surface area contributed by atoms with Gasteiger partial charge in [-0.2, -0.15) is 0 Å². The first-order valence-corrected chi connectivity index (χ1v) is 10.9. The number of benzene rings is 2. The van der Waals surface area contributed by atoms with Gasteiger partial charge in [-0.25, -0.2) is 9.97 Å². The van der Waals surface area contributed by atoms with Crippen LogP contribution in [0, 0.1) is 0 Å². The monoisotopic (exact) mass is 431 g/mol. The van der Waals surface area contributed by atoms with Crippen molar-refractivity contribution in [2.24, 2.45) is 0 Å². The number of nitrogens with zero attached hydrogens (tertiary/aromatic N) is 3. The van der Waals surface area contributed by atoms with E-state index in [1.54, 1.807) is 7.11 Å². The third-order valence-electron chi connectivity index (χ3n) is 5.81. The smallest absolute Gasteiger partial charge is 0.221 e. The topological polar surface area (TPSA) is 93.4 Å². The van der Waals surface area contributed by atoms with Crippen molar-refractivity contribution in [1.29, 1.82) is 0 Å². The summed E-state index contributed by atoms with van der Waals surface area (Å²) in [6, 6.07) is 16.0.